The van der Waals surface area contributed by atoms with Gasteiger partial charge >= 0.3 is 0 Å². The van der Waals surface area contributed by atoms with Crippen molar-refractivity contribution >= 4 is 35.2 Å². The number of carbonyl (C=O) groups is 2. The van der Waals surface area contributed by atoms with E-state index in [1.807, 2.05) is 31.2 Å². The molecule has 1 N–H and O–H groups in total. The van der Waals surface area contributed by atoms with Crippen LogP contribution in [0.15, 0.2) is 66.2 Å². The molecule has 0 saturated carbocycles. The zero-order valence-electron chi connectivity index (χ0n) is 18.7. The number of para-hydroxylation sites is 1. The average molecular weight is 493 g/mol. The molecule has 3 aromatic rings. The number of halogens is 1. The first kappa shape index (κ1) is 22.6. The number of rotatable bonds is 7. The van der Waals surface area contributed by atoms with Gasteiger partial charge < -0.3 is 18.9 Å². The summed E-state index contributed by atoms with van der Waals surface area (Å²) >= 11 is 6.54. The van der Waals surface area contributed by atoms with E-state index in [2.05, 4.69) is 5.43 Å². The van der Waals surface area contributed by atoms with E-state index in [0.29, 0.717) is 40.9 Å². The smallest absolute Gasteiger partial charge is 0.282 e. The van der Waals surface area contributed by atoms with Crippen LogP contribution in [-0.2, 0) is 16.2 Å². The normalized spacial score (nSPS) is 15.5. The molecule has 2 amide bonds. The number of anilines is 1. The second kappa shape index (κ2) is 9.60. The predicted octanol–water partition coefficient (Wildman–Crippen LogP) is 4.51. The molecule has 0 aliphatic carbocycles. The van der Waals surface area contributed by atoms with Crippen molar-refractivity contribution in [3.05, 3.63) is 82.4 Å². The molecule has 2 heterocycles. The molecule has 1 saturated heterocycles. The average Bonchev–Trinajstić information content (AvgIpc) is 3.44. The lowest BCUT2D eigenvalue weighted by Gasteiger charge is -2.15. The first-order valence-electron chi connectivity index (χ1n) is 10.9. The summed E-state index contributed by atoms with van der Waals surface area (Å²) in [7, 11) is 0. The van der Waals surface area contributed by atoms with Gasteiger partial charge in [0.25, 0.3) is 11.8 Å². The maximum Gasteiger partial charge on any atom is 0.282 e. The minimum absolute atomic E-state index is 0.0126. The number of ether oxygens (including phenoxy) is 4. The van der Waals surface area contributed by atoms with Crippen LogP contribution in [0.3, 0.4) is 0 Å². The largest absolute Gasteiger partial charge is 0.490 e. The van der Waals surface area contributed by atoms with Gasteiger partial charge in [0.05, 0.1) is 17.3 Å². The summed E-state index contributed by atoms with van der Waals surface area (Å²) in [5.74, 6) is 1.15. The third-order valence-corrected chi connectivity index (χ3v) is 5.65. The molecule has 2 aliphatic rings. The maximum atomic E-state index is 12.9. The van der Waals surface area contributed by atoms with Gasteiger partial charge in [-0.3, -0.25) is 15.0 Å². The summed E-state index contributed by atoms with van der Waals surface area (Å²) in [5, 5.41) is 1.50. The van der Waals surface area contributed by atoms with E-state index in [9.17, 15) is 9.59 Å². The Bertz CT molecular complexity index is 1320. The number of carbonyl (C=O) groups excluding carboxylic acids is 2. The maximum absolute atomic E-state index is 12.9. The van der Waals surface area contributed by atoms with Crippen LogP contribution in [-0.4, -0.2) is 25.2 Å². The van der Waals surface area contributed by atoms with Gasteiger partial charge in [0.2, 0.25) is 6.79 Å². The molecule has 178 valence electrons. The van der Waals surface area contributed by atoms with Gasteiger partial charge in [0.15, 0.2) is 23.0 Å². The third kappa shape index (κ3) is 4.61. The first-order chi connectivity index (χ1) is 17.0. The molecule has 35 heavy (non-hydrogen) atoms. The third-order valence-electron chi connectivity index (χ3n) is 5.37. The standard InChI is InChI=1S/C26H21ClN2O6/c1-2-32-23-13-17(10-19-25(30)28-29(26(19)31)18-6-4-3-5-7-18)11-20(27)24(23)33-14-16-8-9-21-22(12-16)35-15-34-21/h3-13H,2,14-15H2,1H3,(H,28,30). The number of amides is 2. The van der Waals surface area contributed by atoms with Crippen molar-refractivity contribution in [3.8, 4) is 23.0 Å². The Balaban J connectivity index is 1.39. The summed E-state index contributed by atoms with van der Waals surface area (Å²) in [6.45, 7) is 2.63. The van der Waals surface area contributed by atoms with Crippen molar-refractivity contribution in [2.45, 2.75) is 13.5 Å². The van der Waals surface area contributed by atoms with Crippen LogP contribution in [0.25, 0.3) is 6.08 Å². The van der Waals surface area contributed by atoms with E-state index in [1.54, 1.807) is 36.4 Å². The molecular formula is C26H21ClN2O6. The summed E-state index contributed by atoms with van der Waals surface area (Å²) in [6, 6.07) is 17.7. The topological polar surface area (TPSA) is 86.3 Å². The molecule has 0 spiro atoms. The Morgan fingerprint density at radius 3 is 2.63 bits per heavy atom. The molecule has 9 heteroatoms. The second-order valence-electron chi connectivity index (χ2n) is 7.71. The molecular weight excluding hydrogens is 472 g/mol. The quantitative estimate of drug-likeness (QED) is 0.386. The van der Waals surface area contributed by atoms with Gasteiger partial charge in [0.1, 0.15) is 12.2 Å². The lowest BCUT2D eigenvalue weighted by Crippen LogP contribution is -2.35. The Kier molecular flexibility index (Phi) is 6.20. The lowest BCUT2D eigenvalue weighted by atomic mass is 10.1. The van der Waals surface area contributed by atoms with Crippen LogP contribution < -0.4 is 29.4 Å². The number of benzene rings is 3. The first-order valence-corrected chi connectivity index (χ1v) is 11.3. The summed E-state index contributed by atoms with van der Waals surface area (Å²) in [6.07, 6.45) is 1.48. The summed E-state index contributed by atoms with van der Waals surface area (Å²) in [4.78, 5) is 25.4. The van der Waals surface area contributed by atoms with E-state index in [-0.39, 0.29) is 24.0 Å². The van der Waals surface area contributed by atoms with Gasteiger partial charge in [0, 0.05) is 0 Å². The van der Waals surface area contributed by atoms with Gasteiger partial charge in [-0.25, -0.2) is 5.01 Å². The highest BCUT2D eigenvalue weighted by Gasteiger charge is 2.34. The van der Waals surface area contributed by atoms with E-state index in [4.69, 9.17) is 30.5 Å². The summed E-state index contributed by atoms with van der Waals surface area (Å²) < 4.78 is 22.5. The van der Waals surface area contributed by atoms with Crippen molar-refractivity contribution in [1.82, 2.24) is 5.43 Å². The predicted molar refractivity (Wildman–Crippen MR) is 130 cm³/mol. The van der Waals surface area contributed by atoms with Crippen LogP contribution in [0, 0.1) is 0 Å². The number of nitrogens with zero attached hydrogens (tertiary/aromatic N) is 1. The molecule has 1 fully saturated rings. The lowest BCUT2D eigenvalue weighted by molar-refractivity contribution is -0.117. The van der Waals surface area contributed by atoms with Crippen molar-refractivity contribution in [1.29, 1.82) is 0 Å². The zero-order chi connectivity index (χ0) is 24.4. The fourth-order valence-corrected chi connectivity index (χ4v) is 4.02. The number of hydrogen-bond acceptors (Lipinski definition) is 6. The number of nitrogens with one attached hydrogen (secondary N) is 1. The van der Waals surface area contributed by atoms with Gasteiger partial charge in [-0.05, 0) is 60.5 Å². The van der Waals surface area contributed by atoms with E-state index in [1.165, 1.54) is 11.1 Å². The number of fused-ring (bicyclic) bond motifs is 1. The Hall–Kier alpha value is -4.17. The number of hydrazine groups is 1. The summed E-state index contributed by atoms with van der Waals surface area (Å²) in [5.41, 5.74) is 4.53. The second-order valence-corrected chi connectivity index (χ2v) is 8.12. The molecule has 5 rings (SSSR count). The van der Waals surface area contributed by atoms with Crippen LogP contribution >= 0.6 is 11.6 Å². The molecule has 3 aromatic carbocycles. The van der Waals surface area contributed by atoms with Gasteiger partial charge in [-0.1, -0.05) is 35.9 Å². The monoisotopic (exact) mass is 492 g/mol. The molecule has 0 radical (unpaired) electrons. The number of hydrogen-bond donors (Lipinski definition) is 1. The zero-order valence-corrected chi connectivity index (χ0v) is 19.5. The molecule has 2 aliphatic heterocycles. The minimum atomic E-state index is -0.504. The van der Waals surface area contributed by atoms with Crippen molar-refractivity contribution in [2.75, 3.05) is 18.4 Å². The highest BCUT2D eigenvalue weighted by Crippen LogP contribution is 2.39. The van der Waals surface area contributed by atoms with Crippen LogP contribution in [0.1, 0.15) is 18.1 Å². The highest BCUT2D eigenvalue weighted by molar-refractivity contribution is 6.33. The van der Waals surface area contributed by atoms with Gasteiger partial charge in [-0.2, -0.15) is 0 Å². The molecule has 0 aromatic heterocycles. The van der Waals surface area contributed by atoms with E-state index >= 15 is 0 Å². The molecule has 0 atom stereocenters. The Morgan fingerprint density at radius 1 is 1.03 bits per heavy atom. The Labute approximate surface area is 206 Å². The van der Waals surface area contributed by atoms with Crippen LogP contribution in [0.4, 0.5) is 5.69 Å². The van der Waals surface area contributed by atoms with E-state index < -0.39 is 11.8 Å². The van der Waals surface area contributed by atoms with Crippen LogP contribution in [0.5, 0.6) is 23.0 Å². The van der Waals surface area contributed by atoms with Gasteiger partial charge in [-0.15, -0.1) is 0 Å². The highest BCUT2D eigenvalue weighted by atomic mass is 35.5. The van der Waals surface area contributed by atoms with Crippen LogP contribution in [0.2, 0.25) is 5.02 Å². The van der Waals surface area contributed by atoms with Crippen molar-refractivity contribution in [3.63, 3.8) is 0 Å². The minimum Gasteiger partial charge on any atom is -0.490 e. The molecule has 0 bridgehead atoms. The van der Waals surface area contributed by atoms with E-state index in [0.717, 1.165) is 5.56 Å². The Morgan fingerprint density at radius 2 is 1.83 bits per heavy atom. The molecule has 8 nitrogen and oxygen atoms in total. The van der Waals surface area contributed by atoms with Crippen molar-refractivity contribution in [2.24, 2.45) is 0 Å². The van der Waals surface area contributed by atoms with Crippen molar-refractivity contribution < 1.29 is 28.5 Å². The fourth-order valence-electron chi connectivity index (χ4n) is 3.74. The fraction of sp³-hybridized carbons (Fsp3) is 0.154. The SMILES string of the molecule is CCOc1cc(C=C2C(=O)NN(c3ccccc3)C2=O)cc(Cl)c1OCc1ccc2c(c1)OCO2. The molecule has 0 unspecified atom stereocenters.